The monoisotopic (exact) mass is 198 g/mol. The van der Waals surface area contributed by atoms with Crippen LogP contribution in [-0.2, 0) is 4.79 Å². The van der Waals surface area contributed by atoms with Gasteiger partial charge in [0.25, 0.3) is 0 Å². The van der Waals surface area contributed by atoms with E-state index in [9.17, 15) is 4.79 Å². The van der Waals surface area contributed by atoms with Gasteiger partial charge in [0.2, 0.25) is 0 Å². The zero-order chi connectivity index (χ0) is 10.7. The average Bonchev–Trinajstić information content (AvgIpc) is 2.30. The maximum Gasteiger partial charge on any atom is 0.163 e. The molecule has 0 radical (unpaired) electrons. The number of nitrogens with zero attached hydrogens (tertiary/aromatic N) is 2. The van der Waals surface area contributed by atoms with Gasteiger partial charge in [-0.3, -0.25) is 9.78 Å². The first-order valence-electron chi connectivity index (χ1n) is 4.90. The Morgan fingerprint density at radius 2 is 2.27 bits per heavy atom. The van der Waals surface area contributed by atoms with E-state index >= 15 is 0 Å². The third kappa shape index (κ3) is 1.94. The predicted molar refractivity (Wildman–Crippen MR) is 55.8 cm³/mol. The number of nitriles is 1. The highest BCUT2D eigenvalue weighted by Crippen LogP contribution is 2.23. The third-order valence-electron chi connectivity index (χ3n) is 2.44. The summed E-state index contributed by atoms with van der Waals surface area (Å²) < 4.78 is 0. The molecular formula is C12H10N2O. The second-order valence-electron chi connectivity index (χ2n) is 3.51. The maximum absolute atomic E-state index is 11.6. The highest BCUT2D eigenvalue weighted by molar-refractivity contribution is 6.21. The standard InChI is InChI=1S/C12H10N2O/c13-6-9-5-10(8-14-7-9)11-3-1-2-4-12(11)15/h3,5,7-8H,1-2,4H2. The Morgan fingerprint density at radius 3 is 3.00 bits per heavy atom. The van der Waals surface area contributed by atoms with Crippen molar-refractivity contribution in [2.45, 2.75) is 19.3 Å². The zero-order valence-electron chi connectivity index (χ0n) is 8.23. The van der Waals surface area contributed by atoms with Gasteiger partial charge in [0.05, 0.1) is 5.56 Å². The van der Waals surface area contributed by atoms with Gasteiger partial charge in [-0.2, -0.15) is 5.26 Å². The van der Waals surface area contributed by atoms with Gasteiger partial charge in [0, 0.05) is 30.0 Å². The minimum atomic E-state index is 0.151. The number of rotatable bonds is 1. The molecule has 0 atom stereocenters. The van der Waals surface area contributed by atoms with E-state index < -0.39 is 0 Å². The topological polar surface area (TPSA) is 53.8 Å². The molecule has 3 nitrogen and oxygen atoms in total. The number of carbonyl (C=O) groups excluding carboxylic acids is 1. The minimum absolute atomic E-state index is 0.151. The van der Waals surface area contributed by atoms with Crippen molar-refractivity contribution in [3.8, 4) is 6.07 Å². The molecule has 1 aromatic rings. The molecule has 0 fully saturated rings. The number of pyridine rings is 1. The molecule has 0 aliphatic heterocycles. The predicted octanol–water partition coefficient (Wildman–Crippen LogP) is 2.09. The van der Waals surface area contributed by atoms with Gasteiger partial charge in [-0.15, -0.1) is 0 Å². The first-order valence-corrected chi connectivity index (χ1v) is 4.90. The highest BCUT2D eigenvalue weighted by atomic mass is 16.1. The molecule has 15 heavy (non-hydrogen) atoms. The van der Waals surface area contributed by atoms with Crippen LogP contribution in [0.5, 0.6) is 0 Å². The third-order valence-corrected chi connectivity index (χ3v) is 2.44. The van der Waals surface area contributed by atoms with Crippen LogP contribution >= 0.6 is 0 Å². The molecule has 1 heterocycles. The van der Waals surface area contributed by atoms with Gasteiger partial charge < -0.3 is 0 Å². The molecule has 0 unspecified atom stereocenters. The van der Waals surface area contributed by atoms with Gasteiger partial charge in [-0.05, 0) is 18.9 Å². The Hall–Kier alpha value is -1.95. The van der Waals surface area contributed by atoms with E-state index in [2.05, 4.69) is 4.98 Å². The van der Waals surface area contributed by atoms with Crippen molar-refractivity contribution >= 4 is 11.4 Å². The molecule has 0 bridgehead atoms. The Bertz CT molecular complexity index is 469. The van der Waals surface area contributed by atoms with Crippen LogP contribution < -0.4 is 0 Å². The summed E-state index contributed by atoms with van der Waals surface area (Å²) in [6.07, 6.45) is 7.52. The van der Waals surface area contributed by atoms with Crippen LogP contribution in [0.4, 0.5) is 0 Å². The minimum Gasteiger partial charge on any atom is -0.294 e. The molecular weight excluding hydrogens is 188 g/mol. The fourth-order valence-corrected chi connectivity index (χ4v) is 1.68. The van der Waals surface area contributed by atoms with E-state index in [-0.39, 0.29) is 5.78 Å². The van der Waals surface area contributed by atoms with Crippen molar-refractivity contribution < 1.29 is 4.79 Å². The molecule has 1 aromatic heterocycles. The van der Waals surface area contributed by atoms with Crippen LogP contribution in [0.3, 0.4) is 0 Å². The summed E-state index contributed by atoms with van der Waals surface area (Å²) in [4.78, 5) is 15.6. The van der Waals surface area contributed by atoms with Crippen LogP contribution in [0.2, 0.25) is 0 Å². The number of Topliss-reactive ketones (excluding diaryl/α,β-unsaturated/α-hetero) is 1. The van der Waals surface area contributed by atoms with Crippen molar-refractivity contribution in [1.29, 1.82) is 5.26 Å². The van der Waals surface area contributed by atoms with E-state index in [4.69, 9.17) is 5.26 Å². The fraction of sp³-hybridized carbons (Fsp3) is 0.250. The van der Waals surface area contributed by atoms with Gasteiger partial charge >= 0.3 is 0 Å². The Kier molecular flexibility index (Phi) is 2.59. The molecule has 0 saturated carbocycles. The molecule has 2 rings (SSSR count). The number of ketones is 1. The molecule has 3 heteroatoms. The van der Waals surface area contributed by atoms with Gasteiger partial charge in [0.1, 0.15) is 6.07 Å². The van der Waals surface area contributed by atoms with Crippen molar-refractivity contribution in [1.82, 2.24) is 4.98 Å². The number of hydrogen-bond acceptors (Lipinski definition) is 3. The zero-order valence-corrected chi connectivity index (χ0v) is 8.23. The lowest BCUT2D eigenvalue weighted by atomic mass is 9.93. The molecule has 0 aromatic carbocycles. The Labute approximate surface area is 88.1 Å². The average molecular weight is 198 g/mol. The highest BCUT2D eigenvalue weighted by Gasteiger charge is 2.15. The molecule has 1 aliphatic rings. The molecule has 0 spiro atoms. The van der Waals surface area contributed by atoms with E-state index in [1.54, 1.807) is 12.3 Å². The van der Waals surface area contributed by atoms with E-state index in [1.165, 1.54) is 6.20 Å². The summed E-state index contributed by atoms with van der Waals surface area (Å²) in [6.45, 7) is 0. The lowest BCUT2D eigenvalue weighted by molar-refractivity contribution is -0.114. The van der Waals surface area contributed by atoms with E-state index in [1.807, 2.05) is 12.1 Å². The van der Waals surface area contributed by atoms with E-state index in [0.717, 1.165) is 18.4 Å². The van der Waals surface area contributed by atoms with Gasteiger partial charge in [-0.25, -0.2) is 0 Å². The molecule has 0 N–H and O–H groups in total. The number of allylic oxidation sites excluding steroid dienone is 2. The molecule has 0 saturated heterocycles. The van der Waals surface area contributed by atoms with Gasteiger partial charge in [-0.1, -0.05) is 6.08 Å². The van der Waals surface area contributed by atoms with Crippen molar-refractivity contribution in [2.75, 3.05) is 0 Å². The first-order chi connectivity index (χ1) is 7.31. The Balaban J connectivity index is 2.41. The second-order valence-corrected chi connectivity index (χ2v) is 3.51. The molecule has 0 amide bonds. The summed E-state index contributed by atoms with van der Waals surface area (Å²) in [6, 6.07) is 3.73. The first kappa shape index (κ1) is 9.60. The van der Waals surface area contributed by atoms with Crippen LogP contribution in [0, 0.1) is 11.3 Å². The number of carbonyl (C=O) groups is 1. The van der Waals surface area contributed by atoms with Crippen LogP contribution in [-0.4, -0.2) is 10.8 Å². The SMILES string of the molecule is N#Cc1cncc(C2=CCCCC2=O)c1. The van der Waals surface area contributed by atoms with Crippen LogP contribution in [0.15, 0.2) is 24.5 Å². The fourth-order valence-electron chi connectivity index (χ4n) is 1.68. The van der Waals surface area contributed by atoms with Crippen molar-refractivity contribution in [3.63, 3.8) is 0 Å². The van der Waals surface area contributed by atoms with Crippen molar-refractivity contribution in [2.24, 2.45) is 0 Å². The second kappa shape index (κ2) is 4.05. The van der Waals surface area contributed by atoms with Crippen LogP contribution in [0.1, 0.15) is 30.4 Å². The lowest BCUT2D eigenvalue weighted by Gasteiger charge is -2.11. The smallest absolute Gasteiger partial charge is 0.163 e. The van der Waals surface area contributed by atoms with E-state index in [0.29, 0.717) is 17.6 Å². The molecule has 74 valence electrons. The lowest BCUT2D eigenvalue weighted by Crippen LogP contribution is -2.06. The quantitative estimate of drug-likeness (QED) is 0.694. The van der Waals surface area contributed by atoms with Crippen molar-refractivity contribution in [3.05, 3.63) is 35.7 Å². The largest absolute Gasteiger partial charge is 0.294 e. The molecule has 1 aliphatic carbocycles. The number of aromatic nitrogens is 1. The summed E-state index contributed by atoms with van der Waals surface area (Å²) >= 11 is 0. The normalized spacial score (nSPS) is 15.7. The van der Waals surface area contributed by atoms with Crippen LogP contribution in [0.25, 0.3) is 5.57 Å². The summed E-state index contributed by atoms with van der Waals surface area (Å²) in [5.74, 6) is 0.151. The summed E-state index contributed by atoms with van der Waals surface area (Å²) in [5.41, 5.74) is 1.97. The maximum atomic E-state index is 11.6. The number of hydrogen-bond donors (Lipinski definition) is 0. The Morgan fingerprint density at radius 1 is 1.40 bits per heavy atom. The van der Waals surface area contributed by atoms with Gasteiger partial charge in [0.15, 0.2) is 5.78 Å². The summed E-state index contributed by atoms with van der Waals surface area (Å²) in [5, 5.41) is 8.73. The summed E-state index contributed by atoms with van der Waals surface area (Å²) in [7, 11) is 0.